The minimum absolute atomic E-state index is 0.0760. The summed E-state index contributed by atoms with van der Waals surface area (Å²) in [6.07, 6.45) is 0.435. The van der Waals surface area contributed by atoms with Gasteiger partial charge in [0.1, 0.15) is 0 Å². The fourth-order valence-electron chi connectivity index (χ4n) is 1.58. The Balaban J connectivity index is 2.40. The van der Waals surface area contributed by atoms with Gasteiger partial charge in [-0.1, -0.05) is 12.1 Å². The van der Waals surface area contributed by atoms with Crippen molar-refractivity contribution in [3.05, 3.63) is 29.8 Å². The van der Waals surface area contributed by atoms with Crippen molar-refractivity contribution < 1.29 is 14.7 Å². The summed E-state index contributed by atoms with van der Waals surface area (Å²) in [5, 5.41) is 14.5. The molecule has 104 valence electrons. The molecule has 0 aliphatic heterocycles. The number of hydrogen-bond donors (Lipinski definition) is 3. The van der Waals surface area contributed by atoms with Crippen LogP contribution < -0.4 is 10.6 Å². The highest BCUT2D eigenvalue weighted by Gasteiger charge is 2.04. The molecule has 1 aromatic rings. The SMILES string of the molecule is CC(=O)Nc1ccc(CC(=O)NCCC(C)O)cc1. The first-order valence-corrected chi connectivity index (χ1v) is 6.28. The number of aliphatic hydroxyl groups excluding tert-OH is 1. The maximum Gasteiger partial charge on any atom is 0.224 e. The molecule has 2 amide bonds. The van der Waals surface area contributed by atoms with E-state index in [1.54, 1.807) is 31.2 Å². The van der Waals surface area contributed by atoms with Gasteiger partial charge in [-0.05, 0) is 31.0 Å². The van der Waals surface area contributed by atoms with Crippen LogP contribution in [0.15, 0.2) is 24.3 Å². The lowest BCUT2D eigenvalue weighted by molar-refractivity contribution is -0.120. The van der Waals surface area contributed by atoms with Crippen molar-refractivity contribution in [2.75, 3.05) is 11.9 Å². The number of rotatable bonds is 6. The Hall–Kier alpha value is -1.88. The van der Waals surface area contributed by atoms with E-state index in [0.29, 0.717) is 25.1 Å². The van der Waals surface area contributed by atoms with Gasteiger partial charge in [0, 0.05) is 19.2 Å². The number of nitrogens with one attached hydrogen (secondary N) is 2. The fourth-order valence-corrected chi connectivity index (χ4v) is 1.58. The zero-order valence-electron chi connectivity index (χ0n) is 11.3. The van der Waals surface area contributed by atoms with Gasteiger partial charge in [-0.25, -0.2) is 0 Å². The van der Waals surface area contributed by atoms with E-state index >= 15 is 0 Å². The first kappa shape index (κ1) is 15.2. The lowest BCUT2D eigenvalue weighted by Gasteiger charge is -2.07. The number of hydrogen-bond acceptors (Lipinski definition) is 3. The Labute approximate surface area is 113 Å². The summed E-state index contributed by atoms with van der Waals surface area (Å²) in [6, 6.07) is 7.14. The van der Waals surface area contributed by atoms with Crippen LogP contribution in [0.5, 0.6) is 0 Å². The lowest BCUT2D eigenvalue weighted by Crippen LogP contribution is -2.27. The molecular weight excluding hydrogens is 244 g/mol. The summed E-state index contributed by atoms with van der Waals surface area (Å²) in [4.78, 5) is 22.4. The Bertz CT molecular complexity index is 427. The third kappa shape index (κ3) is 6.57. The summed E-state index contributed by atoms with van der Waals surface area (Å²) in [6.45, 7) is 3.61. The Kier molecular flexibility index (Phi) is 6.02. The predicted molar refractivity (Wildman–Crippen MR) is 73.8 cm³/mol. The van der Waals surface area contributed by atoms with E-state index in [1.165, 1.54) is 6.92 Å². The number of carbonyl (C=O) groups excluding carboxylic acids is 2. The second-order valence-electron chi connectivity index (χ2n) is 4.54. The van der Waals surface area contributed by atoms with Crippen molar-refractivity contribution in [2.45, 2.75) is 32.8 Å². The van der Waals surface area contributed by atoms with Gasteiger partial charge >= 0.3 is 0 Å². The molecule has 0 aromatic heterocycles. The number of aliphatic hydroxyl groups is 1. The van der Waals surface area contributed by atoms with Crippen molar-refractivity contribution in [1.29, 1.82) is 0 Å². The number of anilines is 1. The van der Waals surface area contributed by atoms with Crippen LogP contribution in [0.1, 0.15) is 25.8 Å². The van der Waals surface area contributed by atoms with Gasteiger partial charge in [-0.3, -0.25) is 9.59 Å². The minimum atomic E-state index is -0.405. The number of benzene rings is 1. The topological polar surface area (TPSA) is 78.4 Å². The van der Waals surface area contributed by atoms with Crippen LogP contribution in [0.4, 0.5) is 5.69 Å². The standard InChI is InChI=1S/C14H20N2O3/c1-10(17)7-8-15-14(19)9-12-3-5-13(6-4-12)16-11(2)18/h3-6,10,17H,7-9H2,1-2H3,(H,15,19)(H,16,18). The third-order valence-electron chi connectivity index (χ3n) is 2.52. The van der Waals surface area contributed by atoms with Crippen molar-refractivity contribution in [3.63, 3.8) is 0 Å². The van der Waals surface area contributed by atoms with Crippen LogP contribution in [0.3, 0.4) is 0 Å². The van der Waals surface area contributed by atoms with E-state index in [0.717, 1.165) is 5.56 Å². The van der Waals surface area contributed by atoms with Crippen molar-refractivity contribution in [2.24, 2.45) is 0 Å². The normalized spacial score (nSPS) is 11.7. The van der Waals surface area contributed by atoms with E-state index in [2.05, 4.69) is 10.6 Å². The third-order valence-corrected chi connectivity index (χ3v) is 2.52. The predicted octanol–water partition coefficient (Wildman–Crippen LogP) is 1.07. The molecule has 0 saturated heterocycles. The average Bonchev–Trinajstić information content (AvgIpc) is 2.30. The maximum atomic E-state index is 11.6. The van der Waals surface area contributed by atoms with Gasteiger partial charge in [-0.15, -0.1) is 0 Å². The molecule has 0 aliphatic rings. The van der Waals surface area contributed by atoms with Gasteiger partial charge in [0.25, 0.3) is 0 Å². The molecule has 5 heteroatoms. The van der Waals surface area contributed by atoms with E-state index in [9.17, 15) is 9.59 Å². The van der Waals surface area contributed by atoms with Crippen LogP contribution in [-0.2, 0) is 16.0 Å². The van der Waals surface area contributed by atoms with E-state index < -0.39 is 6.10 Å². The molecule has 5 nitrogen and oxygen atoms in total. The summed E-state index contributed by atoms with van der Waals surface area (Å²) in [5.41, 5.74) is 1.59. The molecule has 0 spiro atoms. The molecule has 1 aromatic carbocycles. The summed E-state index contributed by atoms with van der Waals surface area (Å²) in [7, 11) is 0. The quantitative estimate of drug-likeness (QED) is 0.719. The molecule has 0 saturated carbocycles. The van der Waals surface area contributed by atoms with E-state index in [-0.39, 0.29) is 11.8 Å². The number of amides is 2. The Morgan fingerprint density at radius 2 is 1.89 bits per heavy atom. The van der Waals surface area contributed by atoms with Gasteiger partial charge in [0.05, 0.1) is 12.5 Å². The second kappa shape index (κ2) is 7.53. The van der Waals surface area contributed by atoms with E-state index in [1.807, 2.05) is 0 Å². The van der Waals surface area contributed by atoms with Crippen LogP contribution in [0.25, 0.3) is 0 Å². The van der Waals surface area contributed by atoms with Crippen LogP contribution in [0, 0.1) is 0 Å². The van der Waals surface area contributed by atoms with Gasteiger partial charge in [0.15, 0.2) is 0 Å². The molecule has 19 heavy (non-hydrogen) atoms. The zero-order chi connectivity index (χ0) is 14.3. The molecule has 1 atom stereocenters. The second-order valence-corrected chi connectivity index (χ2v) is 4.54. The minimum Gasteiger partial charge on any atom is -0.393 e. The highest BCUT2D eigenvalue weighted by molar-refractivity contribution is 5.88. The average molecular weight is 264 g/mol. The summed E-state index contributed by atoms with van der Waals surface area (Å²) >= 11 is 0. The smallest absolute Gasteiger partial charge is 0.224 e. The van der Waals surface area contributed by atoms with Crippen molar-refractivity contribution in [1.82, 2.24) is 5.32 Å². The molecular formula is C14H20N2O3. The number of carbonyl (C=O) groups is 2. The highest BCUT2D eigenvalue weighted by Crippen LogP contribution is 2.09. The molecule has 1 rings (SSSR count). The van der Waals surface area contributed by atoms with Gasteiger partial charge in [-0.2, -0.15) is 0 Å². The van der Waals surface area contributed by atoms with Crippen molar-refractivity contribution in [3.8, 4) is 0 Å². The summed E-state index contributed by atoms with van der Waals surface area (Å²) in [5.74, 6) is -0.198. The largest absolute Gasteiger partial charge is 0.393 e. The monoisotopic (exact) mass is 264 g/mol. The van der Waals surface area contributed by atoms with E-state index in [4.69, 9.17) is 5.11 Å². The van der Waals surface area contributed by atoms with Crippen LogP contribution >= 0.6 is 0 Å². The van der Waals surface area contributed by atoms with Gasteiger partial charge < -0.3 is 15.7 Å². The fraction of sp³-hybridized carbons (Fsp3) is 0.429. The lowest BCUT2D eigenvalue weighted by atomic mass is 10.1. The van der Waals surface area contributed by atoms with Crippen LogP contribution in [-0.4, -0.2) is 29.6 Å². The molecule has 0 radical (unpaired) electrons. The maximum absolute atomic E-state index is 11.6. The molecule has 0 aliphatic carbocycles. The Morgan fingerprint density at radius 1 is 1.26 bits per heavy atom. The highest BCUT2D eigenvalue weighted by atomic mass is 16.3. The first-order valence-electron chi connectivity index (χ1n) is 6.28. The molecule has 1 unspecified atom stereocenters. The molecule has 0 bridgehead atoms. The zero-order valence-corrected chi connectivity index (χ0v) is 11.3. The summed E-state index contributed by atoms with van der Waals surface area (Å²) < 4.78 is 0. The molecule has 0 fully saturated rings. The first-order chi connectivity index (χ1) is 8.97. The molecule has 0 heterocycles. The van der Waals surface area contributed by atoms with Crippen LogP contribution in [0.2, 0.25) is 0 Å². The Morgan fingerprint density at radius 3 is 2.42 bits per heavy atom. The van der Waals surface area contributed by atoms with Crippen molar-refractivity contribution >= 4 is 17.5 Å². The van der Waals surface area contributed by atoms with Gasteiger partial charge in [0.2, 0.25) is 11.8 Å². The molecule has 3 N–H and O–H groups in total.